The average Bonchev–Trinajstić information content (AvgIpc) is 2.90. The fourth-order valence-electron chi connectivity index (χ4n) is 2.02. The Morgan fingerprint density at radius 2 is 2.05 bits per heavy atom. The number of carbonyl (C=O) groups excluding carboxylic acids is 1. The van der Waals surface area contributed by atoms with E-state index in [4.69, 9.17) is 9.15 Å². The van der Waals surface area contributed by atoms with Gasteiger partial charge in [-0.05, 0) is 36.4 Å². The van der Waals surface area contributed by atoms with E-state index in [1.54, 1.807) is 25.3 Å². The lowest BCUT2D eigenvalue weighted by Crippen LogP contribution is -2.10. The largest absolute Gasteiger partial charge is 0.497 e. The Morgan fingerprint density at radius 1 is 1.19 bits per heavy atom. The Bertz CT molecular complexity index is 810. The number of benzene rings is 2. The monoisotopic (exact) mass is 345 g/mol. The van der Waals surface area contributed by atoms with E-state index in [2.05, 4.69) is 21.2 Å². The van der Waals surface area contributed by atoms with Crippen molar-refractivity contribution in [2.75, 3.05) is 12.4 Å². The zero-order chi connectivity index (χ0) is 14.8. The van der Waals surface area contributed by atoms with Gasteiger partial charge in [0.25, 0.3) is 5.91 Å². The summed E-state index contributed by atoms with van der Waals surface area (Å²) in [6.07, 6.45) is 0. The van der Waals surface area contributed by atoms with Crippen LogP contribution in [0.5, 0.6) is 5.75 Å². The number of rotatable bonds is 3. The summed E-state index contributed by atoms with van der Waals surface area (Å²) in [7, 11) is 1.58. The molecule has 21 heavy (non-hydrogen) atoms. The Balaban J connectivity index is 1.86. The van der Waals surface area contributed by atoms with E-state index in [9.17, 15) is 4.79 Å². The molecule has 106 valence electrons. The van der Waals surface area contributed by atoms with Gasteiger partial charge in [0.05, 0.1) is 7.11 Å². The van der Waals surface area contributed by atoms with Crippen LogP contribution in [0.3, 0.4) is 0 Å². The maximum atomic E-state index is 12.2. The fourth-order valence-corrected chi connectivity index (χ4v) is 2.40. The molecule has 1 heterocycles. The predicted octanol–water partition coefficient (Wildman–Crippen LogP) is 4.46. The van der Waals surface area contributed by atoms with Crippen LogP contribution in [0.4, 0.5) is 5.69 Å². The molecular formula is C16H12BrNO3. The van der Waals surface area contributed by atoms with Crippen LogP contribution in [0, 0.1) is 0 Å². The van der Waals surface area contributed by atoms with Gasteiger partial charge in [-0.25, -0.2) is 0 Å². The van der Waals surface area contributed by atoms with Crippen molar-refractivity contribution in [2.24, 2.45) is 0 Å². The first kappa shape index (κ1) is 13.7. The van der Waals surface area contributed by atoms with Crippen LogP contribution in [-0.4, -0.2) is 13.0 Å². The molecule has 0 aliphatic heterocycles. The van der Waals surface area contributed by atoms with Gasteiger partial charge in [-0.1, -0.05) is 22.0 Å². The van der Waals surface area contributed by atoms with E-state index >= 15 is 0 Å². The number of hydrogen-bond donors (Lipinski definition) is 1. The van der Waals surface area contributed by atoms with Crippen molar-refractivity contribution in [1.29, 1.82) is 0 Å². The van der Waals surface area contributed by atoms with Gasteiger partial charge in [-0.15, -0.1) is 0 Å². The normalized spacial score (nSPS) is 10.6. The van der Waals surface area contributed by atoms with E-state index in [1.165, 1.54) is 0 Å². The molecule has 0 fully saturated rings. The van der Waals surface area contributed by atoms with Crippen LogP contribution < -0.4 is 10.1 Å². The molecule has 0 aliphatic rings. The molecule has 0 spiro atoms. The summed E-state index contributed by atoms with van der Waals surface area (Å²) in [6, 6.07) is 14.5. The number of anilines is 1. The highest BCUT2D eigenvalue weighted by atomic mass is 79.9. The summed E-state index contributed by atoms with van der Waals surface area (Å²) >= 11 is 3.39. The Labute approximate surface area is 129 Å². The van der Waals surface area contributed by atoms with Crippen molar-refractivity contribution in [1.82, 2.24) is 0 Å². The summed E-state index contributed by atoms with van der Waals surface area (Å²) in [6.45, 7) is 0. The Morgan fingerprint density at radius 3 is 2.86 bits per heavy atom. The van der Waals surface area contributed by atoms with Crippen molar-refractivity contribution in [2.45, 2.75) is 0 Å². The van der Waals surface area contributed by atoms with Gasteiger partial charge in [-0.2, -0.15) is 0 Å². The van der Waals surface area contributed by atoms with Gasteiger partial charge < -0.3 is 14.5 Å². The summed E-state index contributed by atoms with van der Waals surface area (Å²) in [5.41, 5.74) is 1.33. The van der Waals surface area contributed by atoms with Crippen molar-refractivity contribution < 1.29 is 13.9 Å². The third-order valence-electron chi connectivity index (χ3n) is 3.03. The number of amides is 1. The molecule has 0 radical (unpaired) electrons. The summed E-state index contributed by atoms with van der Waals surface area (Å²) in [4.78, 5) is 12.2. The number of nitrogens with one attached hydrogen (secondary N) is 1. The summed E-state index contributed by atoms with van der Waals surface area (Å²) in [5, 5.41) is 3.66. The third-order valence-corrected chi connectivity index (χ3v) is 3.52. The highest BCUT2D eigenvalue weighted by Crippen LogP contribution is 2.24. The zero-order valence-electron chi connectivity index (χ0n) is 11.2. The minimum Gasteiger partial charge on any atom is -0.497 e. The molecule has 0 saturated heterocycles. The molecule has 1 aromatic heterocycles. The van der Waals surface area contributed by atoms with E-state index < -0.39 is 0 Å². The van der Waals surface area contributed by atoms with Crippen molar-refractivity contribution in [3.63, 3.8) is 0 Å². The average molecular weight is 346 g/mol. The topological polar surface area (TPSA) is 51.5 Å². The highest BCUT2D eigenvalue weighted by molar-refractivity contribution is 9.10. The molecule has 4 nitrogen and oxygen atoms in total. The first-order chi connectivity index (χ1) is 10.2. The quantitative estimate of drug-likeness (QED) is 0.762. The van der Waals surface area contributed by atoms with Crippen molar-refractivity contribution in [3.8, 4) is 5.75 Å². The second-order valence-corrected chi connectivity index (χ2v) is 5.39. The maximum absolute atomic E-state index is 12.2. The minimum absolute atomic E-state index is 0.269. The number of furan rings is 1. The van der Waals surface area contributed by atoms with Crippen LogP contribution in [0.1, 0.15) is 10.6 Å². The smallest absolute Gasteiger partial charge is 0.291 e. The van der Waals surface area contributed by atoms with Crippen LogP contribution >= 0.6 is 15.9 Å². The Kier molecular flexibility index (Phi) is 3.66. The van der Waals surface area contributed by atoms with Crippen molar-refractivity contribution >= 4 is 38.5 Å². The van der Waals surface area contributed by atoms with Crippen LogP contribution in [0.15, 0.2) is 57.4 Å². The summed E-state index contributed by atoms with van der Waals surface area (Å²) < 4.78 is 11.6. The van der Waals surface area contributed by atoms with E-state index in [0.717, 1.165) is 9.86 Å². The standard InChI is InChI=1S/C16H12BrNO3/c1-20-13-4-2-3-12(9-13)18-16(19)15-8-10-7-11(17)5-6-14(10)21-15/h2-9H,1H3,(H,18,19). The van der Waals surface area contributed by atoms with E-state index in [0.29, 0.717) is 17.0 Å². The van der Waals surface area contributed by atoms with Gasteiger partial charge in [-0.3, -0.25) is 4.79 Å². The number of ether oxygens (including phenoxy) is 1. The number of fused-ring (bicyclic) bond motifs is 1. The SMILES string of the molecule is COc1cccc(NC(=O)c2cc3cc(Br)ccc3o2)c1. The van der Waals surface area contributed by atoms with Gasteiger partial charge in [0.1, 0.15) is 11.3 Å². The lowest BCUT2D eigenvalue weighted by Gasteiger charge is -2.05. The number of carbonyl (C=O) groups is 1. The highest BCUT2D eigenvalue weighted by Gasteiger charge is 2.13. The Hall–Kier alpha value is -2.27. The van der Waals surface area contributed by atoms with Crippen LogP contribution in [0.25, 0.3) is 11.0 Å². The first-order valence-electron chi connectivity index (χ1n) is 6.30. The van der Waals surface area contributed by atoms with Gasteiger partial charge in [0, 0.05) is 21.6 Å². The number of methoxy groups -OCH3 is 1. The molecule has 5 heteroatoms. The van der Waals surface area contributed by atoms with E-state index in [-0.39, 0.29) is 11.7 Å². The van der Waals surface area contributed by atoms with Gasteiger partial charge in [0.15, 0.2) is 5.76 Å². The molecule has 0 unspecified atom stereocenters. The molecule has 1 amide bonds. The van der Waals surface area contributed by atoms with Crippen LogP contribution in [-0.2, 0) is 0 Å². The third kappa shape index (κ3) is 2.92. The van der Waals surface area contributed by atoms with Gasteiger partial charge in [0.2, 0.25) is 0 Å². The van der Waals surface area contributed by atoms with Crippen molar-refractivity contribution in [3.05, 3.63) is 58.8 Å². The molecule has 3 aromatic rings. The first-order valence-corrected chi connectivity index (χ1v) is 7.09. The van der Waals surface area contributed by atoms with Crippen LogP contribution in [0.2, 0.25) is 0 Å². The molecule has 0 aliphatic carbocycles. The molecule has 0 saturated carbocycles. The predicted molar refractivity (Wildman–Crippen MR) is 84.9 cm³/mol. The lowest BCUT2D eigenvalue weighted by atomic mass is 10.2. The van der Waals surface area contributed by atoms with Gasteiger partial charge >= 0.3 is 0 Å². The molecule has 2 aromatic carbocycles. The lowest BCUT2D eigenvalue weighted by molar-refractivity contribution is 0.0998. The number of halogens is 1. The van der Waals surface area contributed by atoms with E-state index in [1.807, 2.05) is 30.3 Å². The molecule has 0 atom stereocenters. The fraction of sp³-hybridized carbons (Fsp3) is 0.0625. The minimum atomic E-state index is -0.296. The molecule has 0 bridgehead atoms. The zero-order valence-corrected chi connectivity index (χ0v) is 12.8. The second kappa shape index (κ2) is 5.61. The second-order valence-electron chi connectivity index (χ2n) is 4.48. The molecular weight excluding hydrogens is 334 g/mol. The summed E-state index contributed by atoms with van der Waals surface area (Å²) in [5.74, 6) is 0.655. The molecule has 1 N–H and O–H groups in total. The molecule has 3 rings (SSSR count). The maximum Gasteiger partial charge on any atom is 0.291 e. The number of hydrogen-bond acceptors (Lipinski definition) is 3.